The summed E-state index contributed by atoms with van der Waals surface area (Å²) >= 11 is 0. The Morgan fingerprint density at radius 2 is 1.95 bits per heavy atom. The molecule has 1 aliphatic rings. The first-order valence-corrected chi connectivity index (χ1v) is 7.88. The third kappa shape index (κ3) is 4.65. The second kappa shape index (κ2) is 5.71. The number of carboxylic acid groups (broad SMARTS) is 1. The number of nitrogens with one attached hydrogen (secondary N) is 1. The van der Waals surface area contributed by atoms with Crippen LogP contribution < -0.4 is 4.72 Å². The molecule has 1 fully saturated rings. The summed E-state index contributed by atoms with van der Waals surface area (Å²) in [4.78, 5) is 11.2. The molecule has 0 heterocycles. The van der Waals surface area contributed by atoms with E-state index in [1.807, 2.05) is 6.07 Å². The zero-order valence-electron chi connectivity index (χ0n) is 10.5. The molecule has 0 amide bonds. The molecule has 0 aromatic heterocycles. The molecule has 1 aromatic rings. The van der Waals surface area contributed by atoms with Crippen LogP contribution in [0.25, 0.3) is 0 Å². The number of sulfonamides is 1. The summed E-state index contributed by atoms with van der Waals surface area (Å²) in [5.74, 6) is -0.919. The Labute approximate surface area is 112 Å². The first-order valence-electron chi connectivity index (χ1n) is 6.23. The fourth-order valence-corrected chi connectivity index (χ4v) is 3.56. The summed E-state index contributed by atoms with van der Waals surface area (Å²) in [6.45, 7) is 0. The van der Waals surface area contributed by atoms with Crippen LogP contribution in [0.4, 0.5) is 0 Å². The summed E-state index contributed by atoms with van der Waals surface area (Å²) in [5.41, 5.74) is 0.795. The minimum Gasteiger partial charge on any atom is -0.480 e. The van der Waals surface area contributed by atoms with Crippen molar-refractivity contribution in [1.29, 1.82) is 0 Å². The Kier molecular flexibility index (Phi) is 4.21. The van der Waals surface area contributed by atoms with Crippen LogP contribution in [0.15, 0.2) is 30.3 Å². The Hall–Kier alpha value is -1.40. The van der Waals surface area contributed by atoms with E-state index in [4.69, 9.17) is 5.11 Å². The highest BCUT2D eigenvalue weighted by Gasteiger charge is 2.31. The largest absolute Gasteiger partial charge is 0.480 e. The summed E-state index contributed by atoms with van der Waals surface area (Å²) < 4.78 is 25.9. The van der Waals surface area contributed by atoms with E-state index in [-0.39, 0.29) is 18.1 Å². The second-order valence-corrected chi connectivity index (χ2v) is 6.72. The van der Waals surface area contributed by atoms with E-state index in [2.05, 4.69) is 4.72 Å². The predicted molar refractivity (Wildman–Crippen MR) is 71.2 cm³/mol. The highest BCUT2D eigenvalue weighted by atomic mass is 32.2. The fourth-order valence-electron chi connectivity index (χ4n) is 1.89. The lowest BCUT2D eigenvalue weighted by Gasteiger charge is -2.14. The van der Waals surface area contributed by atoms with E-state index in [0.29, 0.717) is 0 Å². The van der Waals surface area contributed by atoms with Crippen LogP contribution in [-0.2, 0) is 21.2 Å². The number of rotatable bonds is 7. The lowest BCUT2D eigenvalue weighted by Crippen LogP contribution is -2.43. The molecule has 1 unspecified atom stereocenters. The van der Waals surface area contributed by atoms with Crippen LogP contribution >= 0.6 is 0 Å². The zero-order valence-corrected chi connectivity index (χ0v) is 11.3. The maximum atomic E-state index is 11.8. The maximum absolute atomic E-state index is 11.8. The van der Waals surface area contributed by atoms with Gasteiger partial charge in [-0.1, -0.05) is 30.3 Å². The summed E-state index contributed by atoms with van der Waals surface area (Å²) in [7, 11) is -3.51. The molecule has 0 spiro atoms. The molecule has 2 N–H and O–H groups in total. The molecule has 0 aliphatic heterocycles. The quantitative estimate of drug-likeness (QED) is 0.782. The van der Waals surface area contributed by atoms with Crippen molar-refractivity contribution in [3.8, 4) is 0 Å². The van der Waals surface area contributed by atoms with Crippen LogP contribution in [-0.4, -0.2) is 31.3 Å². The molecular weight excluding hydrogens is 266 g/mol. The van der Waals surface area contributed by atoms with E-state index >= 15 is 0 Å². The second-order valence-electron chi connectivity index (χ2n) is 4.92. The van der Waals surface area contributed by atoms with Gasteiger partial charge in [0.1, 0.15) is 6.04 Å². The van der Waals surface area contributed by atoms with Crippen LogP contribution in [0.1, 0.15) is 18.4 Å². The van der Waals surface area contributed by atoms with Crippen LogP contribution in [0.2, 0.25) is 0 Å². The molecular formula is C13H17NO4S. The van der Waals surface area contributed by atoms with Gasteiger partial charge in [-0.25, -0.2) is 13.1 Å². The normalized spacial score (nSPS) is 17.1. The molecule has 1 aliphatic carbocycles. The molecule has 1 aromatic carbocycles. The van der Waals surface area contributed by atoms with E-state index in [1.54, 1.807) is 24.3 Å². The van der Waals surface area contributed by atoms with Crippen LogP contribution in [0, 0.1) is 5.92 Å². The van der Waals surface area contributed by atoms with Gasteiger partial charge in [0.15, 0.2) is 0 Å². The molecule has 6 heteroatoms. The van der Waals surface area contributed by atoms with Crippen LogP contribution in [0.3, 0.4) is 0 Å². The number of carboxylic acids is 1. The summed E-state index contributed by atoms with van der Waals surface area (Å²) in [6, 6.07) is 7.89. The molecule has 0 saturated heterocycles. The SMILES string of the molecule is O=C(O)C(Cc1ccccc1)NS(=O)(=O)CC1CC1. The van der Waals surface area contributed by atoms with Crippen molar-refractivity contribution >= 4 is 16.0 Å². The highest BCUT2D eigenvalue weighted by Crippen LogP contribution is 2.30. The lowest BCUT2D eigenvalue weighted by molar-refractivity contribution is -0.138. The highest BCUT2D eigenvalue weighted by molar-refractivity contribution is 7.89. The van der Waals surface area contributed by atoms with Gasteiger partial charge in [-0.3, -0.25) is 4.79 Å². The monoisotopic (exact) mass is 283 g/mol. The number of benzene rings is 1. The van der Waals surface area contributed by atoms with Gasteiger partial charge >= 0.3 is 5.97 Å². The Balaban J connectivity index is 2.01. The number of hydrogen-bond donors (Lipinski definition) is 2. The minimum absolute atomic E-state index is 0.0333. The standard InChI is InChI=1S/C13H17NO4S/c15-13(16)12(8-10-4-2-1-3-5-10)14-19(17,18)9-11-6-7-11/h1-5,11-12,14H,6-9H2,(H,15,16). The third-order valence-corrected chi connectivity index (χ3v) is 4.61. The molecule has 104 valence electrons. The van der Waals surface area contributed by atoms with Gasteiger partial charge < -0.3 is 5.11 Å². The van der Waals surface area contributed by atoms with Gasteiger partial charge in [0.2, 0.25) is 10.0 Å². The molecule has 2 rings (SSSR count). The molecule has 0 radical (unpaired) electrons. The zero-order chi connectivity index (χ0) is 13.9. The van der Waals surface area contributed by atoms with Gasteiger partial charge in [-0.2, -0.15) is 0 Å². The summed E-state index contributed by atoms with van der Waals surface area (Å²) in [5, 5.41) is 9.12. The third-order valence-electron chi connectivity index (χ3n) is 3.05. The topological polar surface area (TPSA) is 83.5 Å². The predicted octanol–water partition coefficient (Wildman–Crippen LogP) is 1.01. The van der Waals surface area contributed by atoms with Gasteiger partial charge in [0.25, 0.3) is 0 Å². The van der Waals surface area contributed by atoms with E-state index in [1.165, 1.54) is 0 Å². The van der Waals surface area contributed by atoms with Crippen LogP contribution in [0.5, 0.6) is 0 Å². The van der Waals surface area contributed by atoms with Gasteiger partial charge in [0, 0.05) is 0 Å². The van der Waals surface area contributed by atoms with E-state index in [9.17, 15) is 13.2 Å². The van der Waals surface area contributed by atoms with Crippen molar-refractivity contribution < 1.29 is 18.3 Å². The first-order chi connectivity index (χ1) is 8.96. The smallest absolute Gasteiger partial charge is 0.322 e. The lowest BCUT2D eigenvalue weighted by atomic mass is 10.1. The average molecular weight is 283 g/mol. The summed E-state index contributed by atoms with van der Waals surface area (Å²) in [6.07, 6.45) is 1.98. The number of hydrogen-bond acceptors (Lipinski definition) is 3. The first kappa shape index (κ1) is 14.0. The van der Waals surface area contributed by atoms with E-state index in [0.717, 1.165) is 18.4 Å². The molecule has 5 nitrogen and oxygen atoms in total. The fraction of sp³-hybridized carbons (Fsp3) is 0.462. The molecule has 19 heavy (non-hydrogen) atoms. The van der Waals surface area contributed by atoms with Gasteiger partial charge in [-0.15, -0.1) is 0 Å². The Morgan fingerprint density at radius 3 is 2.47 bits per heavy atom. The van der Waals surface area contributed by atoms with E-state index < -0.39 is 22.0 Å². The van der Waals surface area contributed by atoms with Gasteiger partial charge in [0.05, 0.1) is 5.75 Å². The van der Waals surface area contributed by atoms with Gasteiger partial charge in [-0.05, 0) is 30.7 Å². The molecule has 1 saturated carbocycles. The minimum atomic E-state index is -3.51. The van der Waals surface area contributed by atoms with Crippen molar-refractivity contribution in [2.24, 2.45) is 5.92 Å². The number of carbonyl (C=O) groups is 1. The maximum Gasteiger partial charge on any atom is 0.322 e. The Bertz CT molecular complexity index is 537. The van der Waals surface area contributed by atoms with Crippen molar-refractivity contribution in [3.05, 3.63) is 35.9 Å². The average Bonchev–Trinajstić information content (AvgIpc) is 3.12. The van der Waals surface area contributed by atoms with Crippen molar-refractivity contribution in [1.82, 2.24) is 4.72 Å². The molecule has 0 bridgehead atoms. The van der Waals surface area contributed by atoms with Crippen molar-refractivity contribution in [2.45, 2.75) is 25.3 Å². The molecule has 1 atom stereocenters. The number of aliphatic carboxylic acids is 1. The van der Waals surface area contributed by atoms with Crippen molar-refractivity contribution in [3.63, 3.8) is 0 Å². The van der Waals surface area contributed by atoms with Crippen molar-refractivity contribution in [2.75, 3.05) is 5.75 Å². The Morgan fingerprint density at radius 1 is 1.32 bits per heavy atom.